The Labute approximate surface area is 81.7 Å². The number of aromatic hydroxyl groups is 1. The van der Waals surface area contributed by atoms with E-state index < -0.39 is 5.60 Å². The molecule has 1 aliphatic rings. The third-order valence-corrected chi connectivity index (χ3v) is 2.40. The fourth-order valence-electron chi connectivity index (χ4n) is 1.73. The second-order valence-electron chi connectivity index (χ2n) is 3.39. The fraction of sp³-hybridized carbons (Fsp3) is 0.300. The summed E-state index contributed by atoms with van der Waals surface area (Å²) in [6, 6.07) is 4.98. The first kappa shape index (κ1) is 9.18. The smallest absolute Gasteiger partial charge is 0.131 e. The van der Waals surface area contributed by atoms with Crippen LogP contribution >= 0.6 is 0 Å². The van der Waals surface area contributed by atoms with E-state index in [1.807, 2.05) is 0 Å². The number of phenolic OH excluding ortho intramolecular Hbond substituents is 1. The summed E-state index contributed by atoms with van der Waals surface area (Å²) in [6.07, 6.45) is 1.80. The third-order valence-electron chi connectivity index (χ3n) is 2.40. The van der Waals surface area contributed by atoms with Crippen molar-refractivity contribution in [2.75, 3.05) is 6.54 Å². The Kier molecular flexibility index (Phi) is 2.02. The van der Waals surface area contributed by atoms with Crippen molar-refractivity contribution in [2.45, 2.75) is 12.0 Å². The average Bonchev–Trinajstić information content (AvgIpc) is 2.46. The summed E-state index contributed by atoms with van der Waals surface area (Å²) in [5.74, 6) is 0.0657. The van der Waals surface area contributed by atoms with Crippen LogP contribution in [0.15, 0.2) is 23.2 Å². The van der Waals surface area contributed by atoms with Gasteiger partial charge in [-0.25, -0.2) is 0 Å². The molecule has 1 unspecified atom stereocenters. The van der Waals surface area contributed by atoms with E-state index in [1.165, 1.54) is 12.3 Å². The van der Waals surface area contributed by atoms with E-state index in [0.29, 0.717) is 24.2 Å². The molecule has 0 bridgehead atoms. The number of rotatable bonds is 2. The lowest BCUT2D eigenvalue weighted by atomic mass is 9.92. The molecule has 0 aromatic heterocycles. The Morgan fingerprint density at radius 3 is 2.93 bits per heavy atom. The van der Waals surface area contributed by atoms with Crippen molar-refractivity contribution in [3.63, 3.8) is 0 Å². The Morgan fingerprint density at radius 2 is 2.21 bits per heavy atom. The van der Waals surface area contributed by atoms with Crippen molar-refractivity contribution in [3.05, 3.63) is 23.8 Å². The molecule has 74 valence electrons. The number of aliphatic hydroxyl groups is 1. The van der Waals surface area contributed by atoms with Gasteiger partial charge in [0.15, 0.2) is 0 Å². The van der Waals surface area contributed by atoms with Gasteiger partial charge >= 0.3 is 0 Å². The SMILES string of the molecule is NCCC1(O)C=Nc2cccc(O)c21. The van der Waals surface area contributed by atoms with Gasteiger partial charge in [0.1, 0.15) is 11.4 Å². The zero-order valence-corrected chi connectivity index (χ0v) is 7.64. The molecule has 1 aliphatic heterocycles. The molecule has 0 spiro atoms. The van der Waals surface area contributed by atoms with Gasteiger partial charge in [0.2, 0.25) is 0 Å². The zero-order chi connectivity index (χ0) is 10.2. The molecule has 1 heterocycles. The van der Waals surface area contributed by atoms with Crippen LogP contribution in [-0.4, -0.2) is 23.0 Å². The molecule has 1 aromatic carbocycles. The first-order valence-electron chi connectivity index (χ1n) is 4.47. The van der Waals surface area contributed by atoms with Crippen molar-refractivity contribution in [3.8, 4) is 5.75 Å². The monoisotopic (exact) mass is 192 g/mol. The summed E-state index contributed by atoms with van der Waals surface area (Å²) in [6.45, 7) is 0.344. The summed E-state index contributed by atoms with van der Waals surface area (Å²) in [7, 11) is 0. The van der Waals surface area contributed by atoms with Crippen LogP contribution in [0.3, 0.4) is 0 Å². The van der Waals surface area contributed by atoms with E-state index in [0.717, 1.165) is 0 Å². The minimum atomic E-state index is -1.20. The number of hydrogen-bond donors (Lipinski definition) is 3. The van der Waals surface area contributed by atoms with Crippen LogP contribution in [0.25, 0.3) is 0 Å². The zero-order valence-electron chi connectivity index (χ0n) is 7.64. The van der Waals surface area contributed by atoms with Gasteiger partial charge in [0.05, 0.1) is 11.3 Å². The first-order chi connectivity index (χ1) is 6.67. The van der Waals surface area contributed by atoms with Gasteiger partial charge in [-0.2, -0.15) is 0 Å². The van der Waals surface area contributed by atoms with Crippen molar-refractivity contribution in [1.29, 1.82) is 0 Å². The Morgan fingerprint density at radius 1 is 1.43 bits per heavy atom. The maximum absolute atomic E-state index is 10.1. The molecule has 0 fully saturated rings. The summed E-state index contributed by atoms with van der Waals surface area (Å²) in [5, 5.41) is 19.7. The lowest BCUT2D eigenvalue weighted by molar-refractivity contribution is 0.110. The molecular weight excluding hydrogens is 180 g/mol. The quantitative estimate of drug-likeness (QED) is 0.643. The predicted molar refractivity (Wildman–Crippen MR) is 53.8 cm³/mol. The molecule has 14 heavy (non-hydrogen) atoms. The van der Waals surface area contributed by atoms with Crippen LogP contribution < -0.4 is 5.73 Å². The first-order valence-corrected chi connectivity index (χ1v) is 4.47. The van der Waals surface area contributed by atoms with E-state index in [4.69, 9.17) is 5.73 Å². The van der Waals surface area contributed by atoms with Gasteiger partial charge in [-0.05, 0) is 25.1 Å². The molecule has 4 N–H and O–H groups in total. The summed E-state index contributed by atoms with van der Waals surface area (Å²) >= 11 is 0. The number of phenols is 1. The maximum Gasteiger partial charge on any atom is 0.131 e. The van der Waals surface area contributed by atoms with E-state index >= 15 is 0 Å². The molecule has 1 aromatic rings. The highest BCUT2D eigenvalue weighted by Crippen LogP contribution is 2.42. The largest absolute Gasteiger partial charge is 0.507 e. The van der Waals surface area contributed by atoms with E-state index in [9.17, 15) is 10.2 Å². The lowest BCUT2D eigenvalue weighted by Gasteiger charge is -2.20. The van der Waals surface area contributed by atoms with Crippen molar-refractivity contribution < 1.29 is 10.2 Å². The van der Waals surface area contributed by atoms with Crippen LogP contribution in [0.1, 0.15) is 12.0 Å². The fourth-order valence-corrected chi connectivity index (χ4v) is 1.73. The number of nitrogens with two attached hydrogens (primary N) is 1. The van der Waals surface area contributed by atoms with Crippen LogP contribution in [0.2, 0.25) is 0 Å². The Balaban J connectivity index is 2.52. The predicted octanol–water partition coefficient (Wildman–Crippen LogP) is 0.645. The van der Waals surface area contributed by atoms with Gasteiger partial charge < -0.3 is 15.9 Å². The minimum Gasteiger partial charge on any atom is -0.507 e. The molecule has 0 aliphatic carbocycles. The Bertz CT molecular complexity index is 390. The highest BCUT2D eigenvalue weighted by Gasteiger charge is 2.35. The van der Waals surface area contributed by atoms with Gasteiger partial charge in [-0.3, -0.25) is 4.99 Å². The highest BCUT2D eigenvalue weighted by atomic mass is 16.3. The average molecular weight is 192 g/mol. The van der Waals surface area contributed by atoms with Crippen molar-refractivity contribution in [2.24, 2.45) is 10.7 Å². The molecule has 0 amide bonds. The Hall–Kier alpha value is -1.39. The number of benzene rings is 1. The third kappa shape index (κ3) is 1.20. The highest BCUT2D eigenvalue weighted by molar-refractivity contribution is 5.85. The molecule has 4 heteroatoms. The number of nitrogens with zero attached hydrogens (tertiary/aromatic N) is 1. The molecule has 2 rings (SSSR count). The van der Waals surface area contributed by atoms with Crippen molar-refractivity contribution in [1.82, 2.24) is 0 Å². The number of fused-ring (bicyclic) bond motifs is 1. The molecular formula is C10H12N2O2. The second kappa shape index (κ2) is 3.08. The van der Waals surface area contributed by atoms with Gasteiger partial charge in [0.25, 0.3) is 0 Å². The molecule has 0 radical (unpaired) electrons. The standard InChI is InChI=1S/C10H12N2O2/c11-5-4-10(14)6-12-7-2-1-3-8(13)9(7)10/h1-3,6,13-14H,4-5,11H2. The van der Waals surface area contributed by atoms with E-state index in [1.54, 1.807) is 12.1 Å². The van der Waals surface area contributed by atoms with Crippen molar-refractivity contribution >= 4 is 11.9 Å². The van der Waals surface area contributed by atoms with Crippen LogP contribution in [0, 0.1) is 0 Å². The minimum absolute atomic E-state index is 0.0657. The number of hydrogen-bond acceptors (Lipinski definition) is 4. The summed E-state index contributed by atoms with van der Waals surface area (Å²) < 4.78 is 0. The summed E-state index contributed by atoms with van der Waals surface area (Å²) in [5.41, 5.74) is 5.27. The topological polar surface area (TPSA) is 78.8 Å². The second-order valence-corrected chi connectivity index (χ2v) is 3.39. The van der Waals surface area contributed by atoms with E-state index in [2.05, 4.69) is 4.99 Å². The molecule has 4 nitrogen and oxygen atoms in total. The normalized spacial score (nSPS) is 23.9. The van der Waals surface area contributed by atoms with Gasteiger partial charge in [-0.1, -0.05) is 6.07 Å². The number of aliphatic imine (C=N–C) groups is 1. The molecule has 0 saturated heterocycles. The van der Waals surface area contributed by atoms with Crippen LogP contribution in [0.5, 0.6) is 5.75 Å². The van der Waals surface area contributed by atoms with Crippen LogP contribution in [-0.2, 0) is 5.60 Å². The van der Waals surface area contributed by atoms with Gasteiger partial charge in [-0.15, -0.1) is 0 Å². The molecule has 0 saturated carbocycles. The summed E-state index contributed by atoms with van der Waals surface area (Å²) in [4.78, 5) is 4.04. The van der Waals surface area contributed by atoms with Crippen LogP contribution in [0.4, 0.5) is 5.69 Å². The van der Waals surface area contributed by atoms with E-state index in [-0.39, 0.29) is 5.75 Å². The maximum atomic E-state index is 10.1. The molecule has 1 atom stereocenters. The lowest BCUT2D eigenvalue weighted by Crippen LogP contribution is -2.28. The van der Waals surface area contributed by atoms with Gasteiger partial charge in [0, 0.05) is 6.21 Å².